The minimum absolute atomic E-state index is 0.00630. The molecule has 1 aliphatic heterocycles. The largest absolute Gasteiger partial charge is 0.379 e. The molecule has 152 valence electrons. The van der Waals surface area contributed by atoms with Crippen LogP contribution >= 0.6 is 0 Å². The summed E-state index contributed by atoms with van der Waals surface area (Å²) < 4.78 is 5.65. The van der Waals surface area contributed by atoms with E-state index in [-0.39, 0.29) is 24.0 Å². The first-order valence-electron chi connectivity index (χ1n) is 10.3. The van der Waals surface area contributed by atoms with E-state index in [0.29, 0.717) is 11.8 Å². The van der Waals surface area contributed by atoms with Gasteiger partial charge in [-0.1, -0.05) is 48.5 Å². The monoisotopic (exact) mass is 392 g/mol. The van der Waals surface area contributed by atoms with Gasteiger partial charge in [0, 0.05) is 32.7 Å². The van der Waals surface area contributed by atoms with Crippen molar-refractivity contribution in [2.24, 2.45) is 11.8 Å². The normalized spacial score (nSPS) is 26.1. The predicted octanol–water partition coefficient (Wildman–Crippen LogP) is 3.36. The van der Waals surface area contributed by atoms with Gasteiger partial charge in [0.15, 0.2) is 0 Å². The van der Waals surface area contributed by atoms with Crippen LogP contribution < -0.4 is 5.32 Å². The molecule has 2 aromatic rings. The summed E-state index contributed by atoms with van der Waals surface area (Å²) in [4.78, 5) is 27.0. The van der Waals surface area contributed by atoms with Gasteiger partial charge in [0.25, 0.3) is 5.91 Å². The predicted molar refractivity (Wildman–Crippen MR) is 112 cm³/mol. The minimum atomic E-state index is -0.0294. The summed E-state index contributed by atoms with van der Waals surface area (Å²) in [6, 6.07) is 17.9. The summed E-state index contributed by atoms with van der Waals surface area (Å²) >= 11 is 0. The van der Waals surface area contributed by atoms with E-state index in [9.17, 15) is 9.59 Å². The molecule has 2 aliphatic rings. The highest BCUT2D eigenvalue weighted by molar-refractivity contribution is 6.01. The maximum atomic E-state index is 13.4. The minimum Gasteiger partial charge on any atom is -0.379 e. The Kier molecular flexibility index (Phi) is 5.67. The Morgan fingerprint density at radius 2 is 1.62 bits per heavy atom. The van der Waals surface area contributed by atoms with Crippen molar-refractivity contribution in [1.82, 2.24) is 10.2 Å². The number of fused-ring (bicyclic) bond motifs is 1. The lowest BCUT2D eigenvalue weighted by molar-refractivity contribution is -0.121. The summed E-state index contributed by atoms with van der Waals surface area (Å²) in [6.45, 7) is 3.03. The molecule has 0 aromatic heterocycles. The molecule has 0 radical (unpaired) electrons. The zero-order valence-corrected chi connectivity index (χ0v) is 17.0. The van der Waals surface area contributed by atoms with E-state index in [1.54, 1.807) is 14.0 Å². The Hall–Kier alpha value is -2.66. The van der Waals surface area contributed by atoms with E-state index in [4.69, 9.17) is 4.74 Å². The summed E-state index contributed by atoms with van der Waals surface area (Å²) in [5, 5.41) is 3.03. The second-order valence-corrected chi connectivity index (χ2v) is 8.19. The number of carbonyl (C=O) groups excluding carboxylic acids is 2. The van der Waals surface area contributed by atoms with Gasteiger partial charge in [-0.2, -0.15) is 0 Å². The third kappa shape index (κ3) is 4.06. The highest BCUT2D eigenvalue weighted by atomic mass is 16.5. The van der Waals surface area contributed by atoms with Gasteiger partial charge in [-0.25, -0.2) is 0 Å². The smallest absolute Gasteiger partial charge is 0.254 e. The lowest BCUT2D eigenvalue weighted by Crippen LogP contribution is -2.49. The van der Waals surface area contributed by atoms with Crippen molar-refractivity contribution < 1.29 is 14.3 Å². The molecule has 0 unspecified atom stereocenters. The van der Waals surface area contributed by atoms with Crippen LogP contribution in [0.5, 0.6) is 0 Å². The topological polar surface area (TPSA) is 58.6 Å². The highest BCUT2D eigenvalue weighted by Crippen LogP contribution is 2.38. The van der Waals surface area contributed by atoms with Gasteiger partial charge in [0.05, 0.1) is 12.1 Å². The van der Waals surface area contributed by atoms with E-state index in [1.165, 1.54) is 0 Å². The Labute approximate surface area is 172 Å². The van der Waals surface area contributed by atoms with Gasteiger partial charge in [-0.3, -0.25) is 9.59 Å². The van der Waals surface area contributed by atoms with Crippen LogP contribution in [-0.2, 0) is 9.53 Å². The average Bonchev–Trinajstić information content (AvgIpc) is 3.15. The Morgan fingerprint density at radius 1 is 0.966 bits per heavy atom. The number of hydrogen-bond donors (Lipinski definition) is 1. The summed E-state index contributed by atoms with van der Waals surface area (Å²) in [5.41, 5.74) is 2.77. The zero-order valence-electron chi connectivity index (χ0n) is 17.0. The number of nitrogens with zero attached hydrogens (tertiary/aromatic N) is 1. The molecule has 0 bridgehead atoms. The van der Waals surface area contributed by atoms with Crippen LogP contribution in [0, 0.1) is 11.8 Å². The Morgan fingerprint density at radius 3 is 2.31 bits per heavy atom. The van der Waals surface area contributed by atoms with Crippen molar-refractivity contribution in [2.75, 3.05) is 20.2 Å². The molecule has 1 saturated carbocycles. The van der Waals surface area contributed by atoms with Crippen molar-refractivity contribution in [1.29, 1.82) is 0 Å². The number of ether oxygens (including phenoxy) is 1. The van der Waals surface area contributed by atoms with Crippen LogP contribution in [0.1, 0.15) is 30.1 Å². The molecule has 2 amide bonds. The fourth-order valence-electron chi connectivity index (χ4n) is 4.96. The molecule has 4 atom stereocenters. The lowest BCUT2D eigenvalue weighted by atomic mass is 9.77. The van der Waals surface area contributed by atoms with Crippen molar-refractivity contribution in [3.05, 3.63) is 60.2 Å². The standard InChI is InChI=1S/C24H28N2O3/c1-16(27)25-22-12-18-14-26(15-19(18)13-23(22)29-2)24(28)21-11-7-6-10-20(21)17-8-4-3-5-9-17/h3-11,18-19,22-23H,12-15H2,1-2H3,(H,25,27)/t18-,19+,22-,23-/m1/s1. The molecule has 1 saturated heterocycles. The van der Waals surface area contributed by atoms with Gasteiger partial charge < -0.3 is 15.0 Å². The van der Waals surface area contributed by atoms with Crippen molar-refractivity contribution >= 4 is 11.8 Å². The average molecular weight is 392 g/mol. The zero-order chi connectivity index (χ0) is 20.4. The molecule has 2 aromatic carbocycles. The van der Waals surface area contributed by atoms with Crippen LogP contribution in [0.2, 0.25) is 0 Å². The van der Waals surface area contributed by atoms with Crippen LogP contribution in [-0.4, -0.2) is 49.1 Å². The van der Waals surface area contributed by atoms with Crippen LogP contribution in [0.25, 0.3) is 11.1 Å². The molecular weight excluding hydrogens is 364 g/mol. The molecule has 4 rings (SSSR count). The summed E-state index contributed by atoms with van der Waals surface area (Å²) in [7, 11) is 1.70. The maximum absolute atomic E-state index is 13.4. The molecule has 2 fully saturated rings. The van der Waals surface area contributed by atoms with E-state index in [1.807, 2.05) is 59.5 Å². The quantitative estimate of drug-likeness (QED) is 0.868. The van der Waals surface area contributed by atoms with Crippen LogP contribution in [0.3, 0.4) is 0 Å². The van der Waals surface area contributed by atoms with Crippen LogP contribution in [0.4, 0.5) is 0 Å². The number of likely N-dealkylation sites (tertiary alicyclic amines) is 1. The summed E-state index contributed by atoms with van der Waals surface area (Å²) in [6.07, 6.45) is 1.73. The fourth-order valence-corrected chi connectivity index (χ4v) is 4.96. The van der Waals surface area contributed by atoms with Gasteiger partial charge in [0.2, 0.25) is 5.91 Å². The molecular formula is C24H28N2O3. The Balaban J connectivity index is 1.53. The van der Waals surface area contributed by atoms with Gasteiger partial charge in [0.1, 0.15) is 0 Å². The van der Waals surface area contributed by atoms with E-state index >= 15 is 0 Å². The van der Waals surface area contributed by atoms with Crippen molar-refractivity contribution in [3.63, 3.8) is 0 Å². The molecule has 5 nitrogen and oxygen atoms in total. The molecule has 0 spiro atoms. The SMILES string of the molecule is CO[C@@H]1C[C@H]2CN(C(=O)c3ccccc3-c3ccccc3)C[C@H]2C[C@H]1NC(C)=O. The molecule has 5 heteroatoms. The second kappa shape index (κ2) is 8.37. The number of benzene rings is 2. The lowest BCUT2D eigenvalue weighted by Gasteiger charge is -2.37. The third-order valence-electron chi connectivity index (χ3n) is 6.34. The number of nitrogens with one attached hydrogen (secondary N) is 1. The van der Waals surface area contributed by atoms with E-state index in [0.717, 1.165) is 42.6 Å². The second-order valence-electron chi connectivity index (χ2n) is 8.19. The first-order chi connectivity index (χ1) is 14.1. The highest BCUT2D eigenvalue weighted by Gasteiger charge is 2.44. The third-order valence-corrected chi connectivity index (χ3v) is 6.34. The number of carbonyl (C=O) groups is 2. The maximum Gasteiger partial charge on any atom is 0.254 e. The molecule has 1 heterocycles. The number of methoxy groups -OCH3 is 1. The van der Waals surface area contributed by atoms with Crippen molar-refractivity contribution in [2.45, 2.75) is 31.9 Å². The Bertz CT molecular complexity index is 883. The molecule has 29 heavy (non-hydrogen) atoms. The van der Waals surface area contributed by atoms with Crippen molar-refractivity contribution in [3.8, 4) is 11.1 Å². The number of hydrogen-bond acceptors (Lipinski definition) is 3. The van der Waals surface area contributed by atoms with Gasteiger partial charge >= 0.3 is 0 Å². The van der Waals surface area contributed by atoms with Crippen LogP contribution in [0.15, 0.2) is 54.6 Å². The summed E-state index contributed by atoms with van der Waals surface area (Å²) in [5.74, 6) is 0.867. The fraction of sp³-hybridized carbons (Fsp3) is 0.417. The van der Waals surface area contributed by atoms with E-state index in [2.05, 4.69) is 5.32 Å². The number of amides is 2. The molecule has 1 N–H and O–H groups in total. The molecule has 1 aliphatic carbocycles. The first kappa shape index (κ1) is 19.6. The van der Waals surface area contributed by atoms with Gasteiger partial charge in [-0.15, -0.1) is 0 Å². The van der Waals surface area contributed by atoms with E-state index < -0.39 is 0 Å². The van der Waals surface area contributed by atoms with Gasteiger partial charge in [-0.05, 0) is 41.9 Å². The first-order valence-corrected chi connectivity index (χ1v) is 10.3. The number of rotatable bonds is 4.